The molecule has 1 aromatic rings. The van der Waals surface area contributed by atoms with Gasteiger partial charge in [0.05, 0.1) is 5.60 Å². The second-order valence-electron chi connectivity index (χ2n) is 3.86. The zero-order valence-electron chi connectivity index (χ0n) is 8.92. The van der Waals surface area contributed by atoms with Crippen molar-refractivity contribution in [3.63, 3.8) is 0 Å². The van der Waals surface area contributed by atoms with Gasteiger partial charge in [-0.2, -0.15) is 0 Å². The molecule has 0 saturated carbocycles. The fourth-order valence-corrected chi connectivity index (χ4v) is 1.86. The number of hydrogen-bond donors (Lipinski definition) is 2. The van der Waals surface area contributed by atoms with E-state index in [9.17, 15) is 5.11 Å². The average Bonchev–Trinajstić information content (AvgIpc) is 2.65. The van der Waals surface area contributed by atoms with Gasteiger partial charge in [-0.25, -0.2) is 0 Å². The number of aliphatic hydroxyl groups is 1. The maximum atomic E-state index is 9.72. The summed E-state index contributed by atoms with van der Waals surface area (Å²) in [6.45, 7) is 5.48. The van der Waals surface area contributed by atoms with Gasteiger partial charge in [-0.05, 0) is 31.2 Å². The summed E-state index contributed by atoms with van der Waals surface area (Å²) >= 11 is 1.78. The van der Waals surface area contributed by atoms with Crippen LogP contribution in [-0.2, 0) is 6.42 Å². The van der Waals surface area contributed by atoms with E-state index < -0.39 is 5.60 Å². The highest BCUT2D eigenvalue weighted by Gasteiger charge is 2.15. The number of hydrogen-bond acceptors (Lipinski definition) is 3. The van der Waals surface area contributed by atoms with Gasteiger partial charge >= 0.3 is 0 Å². The lowest BCUT2D eigenvalue weighted by atomic mass is 10.0. The van der Waals surface area contributed by atoms with E-state index >= 15 is 0 Å². The zero-order valence-corrected chi connectivity index (χ0v) is 9.73. The van der Waals surface area contributed by atoms with E-state index in [1.54, 1.807) is 11.3 Å². The topological polar surface area (TPSA) is 32.3 Å². The first kappa shape index (κ1) is 11.7. The summed E-state index contributed by atoms with van der Waals surface area (Å²) < 4.78 is 0. The summed E-state index contributed by atoms with van der Waals surface area (Å²) in [5.41, 5.74) is -0.560. The molecular weight excluding hydrogens is 194 g/mol. The van der Waals surface area contributed by atoms with Gasteiger partial charge in [0.15, 0.2) is 0 Å². The van der Waals surface area contributed by atoms with Crippen LogP contribution in [0.1, 0.15) is 25.1 Å². The van der Waals surface area contributed by atoms with Crippen molar-refractivity contribution in [1.29, 1.82) is 0 Å². The highest BCUT2D eigenvalue weighted by molar-refractivity contribution is 7.09. The molecule has 0 fully saturated rings. The lowest BCUT2D eigenvalue weighted by Crippen LogP contribution is -2.37. The van der Waals surface area contributed by atoms with Crippen LogP contribution in [-0.4, -0.2) is 23.8 Å². The van der Waals surface area contributed by atoms with Crippen LogP contribution in [0.25, 0.3) is 0 Å². The van der Waals surface area contributed by atoms with Crippen molar-refractivity contribution in [3.05, 3.63) is 22.4 Å². The summed E-state index contributed by atoms with van der Waals surface area (Å²) in [5.74, 6) is 0. The summed E-state index contributed by atoms with van der Waals surface area (Å²) in [4.78, 5) is 1.40. The fourth-order valence-electron chi connectivity index (χ4n) is 1.15. The molecule has 2 nitrogen and oxygen atoms in total. The van der Waals surface area contributed by atoms with Crippen LogP contribution in [0, 0.1) is 0 Å². The Morgan fingerprint density at radius 2 is 2.36 bits per heavy atom. The van der Waals surface area contributed by atoms with E-state index in [4.69, 9.17) is 0 Å². The van der Waals surface area contributed by atoms with Crippen molar-refractivity contribution in [2.45, 2.75) is 32.3 Å². The monoisotopic (exact) mass is 213 g/mol. The third-order valence-electron chi connectivity index (χ3n) is 2.40. The molecule has 1 atom stereocenters. The molecule has 1 aromatic heterocycles. The van der Waals surface area contributed by atoms with E-state index in [2.05, 4.69) is 22.8 Å². The minimum atomic E-state index is -0.560. The Labute approximate surface area is 90.0 Å². The molecule has 1 rings (SSSR count). The predicted molar refractivity (Wildman–Crippen MR) is 61.8 cm³/mol. The van der Waals surface area contributed by atoms with E-state index in [1.165, 1.54) is 4.88 Å². The molecule has 3 heteroatoms. The second-order valence-corrected chi connectivity index (χ2v) is 4.89. The van der Waals surface area contributed by atoms with E-state index in [0.717, 1.165) is 19.4 Å². The Hall–Kier alpha value is -0.380. The van der Waals surface area contributed by atoms with Gasteiger partial charge in [0, 0.05) is 18.0 Å². The molecule has 0 aliphatic heterocycles. The molecule has 2 N–H and O–H groups in total. The quantitative estimate of drug-likeness (QED) is 0.709. The standard InChI is InChI=1S/C11H19NOS/c1-3-11(2,13)9-12-7-6-10-5-4-8-14-10/h4-5,8,12-13H,3,6-7,9H2,1-2H3. The molecule has 0 aliphatic carbocycles. The van der Waals surface area contributed by atoms with Crippen molar-refractivity contribution >= 4 is 11.3 Å². The van der Waals surface area contributed by atoms with Gasteiger partial charge in [-0.15, -0.1) is 11.3 Å². The summed E-state index contributed by atoms with van der Waals surface area (Å²) in [7, 11) is 0. The third kappa shape index (κ3) is 4.22. The molecule has 0 radical (unpaired) electrons. The second kappa shape index (κ2) is 5.49. The summed E-state index contributed by atoms with van der Waals surface area (Å²) in [6.07, 6.45) is 1.84. The van der Waals surface area contributed by atoms with Crippen molar-refractivity contribution in [2.75, 3.05) is 13.1 Å². The molecule has 0 spiro atoms. The maximum Gasteiger partial charge on any atom is 0.0740 e. The first-order valence-corrected chi connectivity index (χ1v) is 5.97. The molecule has 1 heterocycles. The highest BCUT2D eigenvalue weighted by atomic mass is 32.1. The summed E-state index contributed by atoms with van der Waals surface area (Å²) in [6, 6.07) is 4.21. The van der Waals surface area contributed by atoms with Gasteiger partial charge in [-0.3, -0.25) is 0 Å². The molecule has 0 aliphatic rings. The number of nitrogens with one attached hydrogen (secondary N) is 1. The first-order valence-electron chi connectivity index (χ1n) is 5.09. The molecule has 0 aromatic carbocycles. The Balaban J connectivity index is 2.11. The molecule has 0 amide bonds. The van der Waals surface area contributed by atoms with Crippen LogP contribution in [0.2, 0.25) is 0 Å². The van der Waals surface area contributed by atoms with E-state index in [-0.39, 0.29) is 0 Å². The van der Waals surface area contributed by atoms with E-state index in [1.807, 2.05) is 13.8 Å². The molecule has 1 unspecified atom stereocenters. The lowest BCUT2D eigenvalue weighted by molar-refractivity contribution is 0.0562. The average molecular weight is 213 g/mol. The fraction of sp³-hybridized carbons (Fsp3) is 0.636. The van der Waals surface area contributed by atoms with Crippen LogP contribution in [0.4, 0.5) is 0 Å². The van der Waals surface area contributed by atoms with Crippen molar-refractivity contribution in [1.82, 2.24) is 5.32 Å². The molecule has 0 saturated heterocycles. The van der Waals surface area contributed by atoms with Crippen molar-refractivity contribution in [3.8, 4) is 0 Å². The normalized spacial score (nSPS) is 15.4. The molecular formula is C11H19NOS. The maximum absolute atomic E-state index is 9.72. The van der Waals surface area contributed by atoms with Gasteiger partial charge in [0.2, 0.25) is 0 Å². The molecule has 80 valence electrons. The Kier molecular flexibility index (Phi) is 4.58. The van der Waals surface area contributed by atoms with Crippen molar-refractivity contribution in [2.24, 2.45) is 0 Å². The molecule has 14 heavy (non-hydrogen) atoms. The van der Waals surface area contributed by atoms with Crippen LogP contribution in [0.3, 0.4) is 0 Å². The van der Waals surface area contributed by atoms with Crippen LogP contribution in [0.15, 0.2) is 17.5 Å². The Morgan fingerprint density at radius 3 is 2.93 bits per heavy atom. The largest absolute Gasteiger partial charge is 0.389 e. The van der Waals surface area contributed by atoms with Crippen LogP contribution >= 0.6 is 11.3 Å². The van der Waals surface area contributed by atoms with Crippen LogP contribution < -0.4 is 5.32 Å². The highest BCUT2D eigenvalue weighted by Crippen LogP contribution is 2.09. The Bertz CT molecular complexity index is 244. The van der Waals surface area contributed by atoms with E-state index in [0.29, 0.717) is 6.54 Å². The number of rotatable bonds is 6. The zero-order chi connectivity index (χ0) is 10.4. The predicted octanol–water partition coefficient (Wildman–Crippen LogP) is 2.04. The minimum Gasteiger partial charge on any atom is -0.389 e. The van der Waals surface area contributed by atoms with Gasteiger partial charge in [0.25, 0.3) is 0 Å². The number of thiophene rings is 1. The Morgan fingerprint density at radius 1 is 1.57 bits per heavy atom. The van der Waals surface area contributed by atoms with Gasteiger partial charge in [-0.1, -0.05) is 13.0 Å². The first-order chi connectivity index (χ1) is 6.64. The molecule has 0 bridgehead atoms. The van der Waals surface area contributed by atoms with Gasteiger partial charge in [0.1, 0.15) is 0 Å². The SMILES string of the molecule is CCC(C)(O)CNCCc1cccs1. The van der Waals surface area contributed by atoms with Crippen molar-refractivity contribution < 1.29 is 5.11 Å². The lowest BCUT2D eigenvalue weighted by Gasteiger charge is -2.21. The third-order valence-corrected chi connectivity index (χ3v) is 3.33. The smallest absolute Gasteiger partial charge is 0.0740 e. The minimum absolute atomic E-state index is 0.560. The van der Waals surface area contributed by atoms with Crippen LogP contribution in [0.5, 0.6) is 0 Å². The summed E-state index contributed by atoms with van der Waals surface area (Å²) in [5, 5.41) is 15.1. The van der Waals surface area contributed by atoms with Gasteiger partial charge < -0.3 is 10.4 Å².